The van der Waals surface area contributed by atoms with Crippen molar-refractivity contribution >= 4 is 10.9 Å². The maximum Gasteiger partial charge on any atom is 0.240 e. The molecule has 1 N–H and O–H groups in total. The zero-order valence-corrected chi connectivity index (χ0v) is 12.3. The van der Waals surface area contributed by atoms with Crippen LogP contribution in [0.4, 0.5) is 0 Å². The van der Waals surface area contributed by atoms with Gasteiger partial charge in [0.2, 0.25) is 11.7 Å². The number of hydrogen-bond donors (Lipinski definition) is 1. The molecule has 0 aliphatic rings. The van der Waals surface area contributed by atoms with Gasteiger partial charge in [-0.2, -0.15) is 4.98 Å². The number of para-hydroxylation sites is 1. The highest BCUT2D eigenvalue weighted by molar-refractivity contribution is 5.84. The van der Waals surface area contributed by atoms with Crippen LogP contribution in [0.3, 0.4) is 0 Å². The molecule has 1 aromatic carbocycles. The molecule has 0 aliphatic heterocycles. The highest BCUT2D eigenvalue weighted by atomic mass is 16.5. The second-order valence-electron chi connectivity index (χ2n) is 5.03. The molecule has 0 atom stereocenters. The number of benzene rings is 1. The van der Waals surface area contributed by atoms with E-state index in [-0.39, 0.29) is 0 Å². The van der Waals surface area contributed by atoms with Gasteiger partial charge in [0.1, 0.15) is 5.69 Å². The SMILES string of the molecule is CCCNCc1nc(-c2cc(C)c3ccccc3n2)no1. The predicted octanol–water partition coefficient (Wildman–Crippen LogP) is 3.09. The second kappa shape index (κ2) is 6.01. The molecule has 3 aromatic rings. The Balaban J connectivity index is 1.90. The molecule has 0 unspecified atom stereocenters. The third-order valence-electron chi connectivity index (χ3n) is 3.32. The van der Waals surface area contributed by atoms with Crippen molar-refractivity contribution < 1.29 is 4.52 Å². The molecule has 5 nitrogen and oxygen atoms in total. The summed E-state index contributed by atoms with van der Waals surface area (Å²) >= 11 is 0. The lowest BCUT2D eigenvalue weighted by Crippen LogP contribution is -2.13. The van der Waals surface area contributed by atoms with Gasteiger partial charge in [-0.05, 0) is 37.6 Å². The molecule has 0 saturated heterocycles. The minimum absolute atomic E-state index is 0.539. The molecule has 0 radical (unpaired) electrons. The van der Waals surface area contributed by atoms with E-state index >= 15 is 0 Å². The van der Waals surface area contributed by atoms with Crippen molar-refractivity contribution in [2.45, 2.75) is 26.8 Å². The molecule has 0 fully saturated rings. The van der Waals surface area contributed by atoms with Crippen LogP contribution in [0.2, 0.25) is 0 Å². The van der Waals surface area contributed by atoms with E-state index in [1.165, 1.54) is 0 Å². The molecule has 0 spiro atoms. The summed E-state index contributed by atoms with van der Waals surface area (Å²) in [5, 5.41) is 8.41. The topological polar surface area (TPSA) is 63.8 Å². The fourth-order valence-corrected chi connectivity index (χ4v) is 2.27. The number of nitrogens with zero attached hydrogens (tertiary/aromatic N) is 3. The summed E-state index contributed by atoms with van der Waals surface area (Å²) in [6, 6.07) is 10.1. The number of pyridine rings is 1. The molecule has 0 aliphatic carbocycles. The van der Waals surface area contributed by atoms with Crippen LogP contribution in [0.25, 0.3) is 22.4 Å². The third kappa shape index (κ3) is 2.92. The average molecular weight is 282 g/mol. The maximum absolute atomic E-state index is 5.25. The van der Waals surface area contributed by atoms with Gasteiger partial charge in [-0.1, -0.05) is 30.3 Å². The summed E-state index contributed by atoms with van der Waals surface area (Å²) in [5.74, 6) is 1.13. The monoisotopic (exact) mass is 282 g/mol. The summed E-state index contributed by atoms with van der Waals surface area (Å²) in [7, 11) is 0. The van der Waals surface area contributed by atoms with Crippen LogP contribution in [-0.2, 0) is 6.54 Å². The highest BCUT2D eigenvalue weighted by Gasteiger charge is 2.11. The lowest BCUT2D eigenvalue weighted by molar-refractivity contribution is 0.368. The minimum atomic E-state index is 0.539. The molecule has 2 aromatic heterocycles. The number of hydrogen-bond acceptors (Lipinski definition) is 5. The molecule has 0 amide bonds. The van der Waals surface area contributed by atoms with Crippen molar-refractivity contribution in [1.82, 2.24) is 20.4 Å². The van der Waals surface area contributed by atoms with E-state index in [2.05, 4.69) is 40.4 Å². The number of rotatable bonds is 5. The van der Waals surface area contributed by atoms with Gasteiger partial charge in [0.15, 0.2) is 0 Å². The fourth-order valence-electron chi connectivity index (χ4n) is 2.27. The van der Waals surface area contributed by atoms with Crippen LogP contribution >= 0.6 is 0 Å². The molecule has 108 valence electrons. The molecule has 21 heavy (non-hydrogen) atoms. The molecular formula is C16H18N4O. The smallest absolute Gasteiger partial charge is 0.240 e. The molecule has 0 saturated carbocycles. The molecule has 2 heterocycles. The van der Waals surface area contributed by atoms with Gasteiger partial charge >= 0.3 is 0 Å². The summed E-state index contributed by atoms with van der Waals surface area (Å²) in [6.07, 6.45) is 1.08. The van der Waals surface area contributed by atoms with Gasteiger partial charge in [0.05, 0.1) is 12.1 Å². The van der Waals surface area contributed by atoms with Gasteiger partial charge < -0.3 is 9.84 Å². The first-order valence-corrected chi connectivity index (χ1v) is 7.18. The summed E-state index contributed by atoms with van der Waals surface area (Å²) < 4.78 is 5.25. The van der Waals surface area contributed by atoms with E-state index < -0.39 is 0 Å². The van der Waals surface area contributed by atoms with E-state index in [4.69, 9.17) is 4.52 Å². The van der Waals surface area contributed by atoms with E-state index in [0.29, 0.717) is 18.3 Å². The highest BCUT2D eigenvalue weighted by Crippen LogP contribution is 2.22. The minimum Gasteiger partial charge on any atom is -0.337 e. The maximum atomic E-state index is 5.25. The second-order valence-corrected chi connectivity index (χ2v) is 5.03. The normalized spacial score (nSPS) is 11.1. The van der Waals surface area contributed by atoms with Crippen LogP contribution in [0.1, 0.15) is 24.8 Å². The zero-order valence-electron chi connectivity index (χ0n) is 12.3. The molecule has 0 bridgehead atoms. The van der Waals surface area contributed by atoms with E-state index in [1.807, 2.05) is 24.3 Å². The molecular weight excluding hydrogens is 264 g/mol. The van der Waals surface area contributed by atoms with Crippen LogP contribution in [0.5, 0.6) is 0 Å². The molecule has 3 rings (SSSR count). The fraction of sp³-hybridized carbons (Fsp3) is 0.312. The molecule has 5 heteroatoms. The summed E-state index contributed by atoms with van der Waals surface area (Å²) in [4.78, 5) is 9.01. The Morgan fingerprint density at radius 3 is 2.90 bits per heavy atom. The Morgan fingerprint density at radius 2 is 2.05 bits per heavy atom. The van der Waals surface area contributed by atoms with E-state index in [0.717, 1.165) is 35.1 Å². The summed E-state index contributed by atoms with van der Waals surface area (Å²) in [5.41, 5.74) is 2.85. The van der Waals surface area contributed by atoms with Crippen molar-refractivity contribution in [2.75, 3.05) is 6.54 Å². The van der Waals surface area contributed by atoms with Gasteiger partial charge in [-0.25, -0.2) is 4.98 Å². The predicted molar refractivity (Wildman–Crippen MR) is 81.8 cm³/mol. The number of aryl methyl sites for hydroxylation is 1. The lowest BCUT2D eigenvalue weighted by atomic mass is 10.1. The third-order valence-corrected chi connectivity index (χ3v) is 3.32. The van der Waals surface area contributed by atoms with Gasteiger partial charge in [0, 0.05) is 5.39 Å². The summed E-state index contributed by atoms with van der Waals surface area (Å²) in [6.45, 7) is 5.71. The number of fused-ring (bicyclic) bond motifs is 1. The Morgan fingerprint density at radius 1 is 1.19 bits per heavy atom. The van der Waals surface area contributed by atoms with Gasteiger partial charge in [0.25, 0.3) is 0 Å². The standard InChI is InChI=1S/C16H18N4O/c1-3-8-17-10-15-19-16(20-21-15)14-9-11(2)12-6-4-5-7-13(12)18-14/h4-7,9,17H,3,8,10H2,1-2H3. The number of nitrogens with one attached hydrogen (secondary N) is 1. The van der Waals surface area contributed by atoms with Crippen molar-refractivity contribution in [1.29, 1.82) is 0 Å². The first kappa shape index (κ1) is 13.7. The lowest BCUT2D eigenvalue weighted by Gasteiger charge is -2.03. The van der Waals surface area contributed by atoms with Crippen LogP contribution in [0.15, 0.2) is 34.9 Å². The van der Waals surface area contributed by atoms with Crippen LogP contribution < -0.4 is 5.32 Å². The zero-order chi connectivity index (χ0) is 14.7. The van der Waals surface area contributed by atoms with Gasteiger partial charge in [-0.15, -0.1) is 0 Å². The average Bonchev–Trinajstić information content (AvgIpc) is 2.96. The Labute approximate surface area is 123 Å². The van der Waals surface area contributed by atoms with Crippen molar-refractivity contribution in [3.05, 3.63) is 41.8 Å². The van der Waals surface area contributed by atoms with Gasteiger partial charge in [-0.3, -0.25) is 0 Å². The van der Waals surface area contributed by atoms with E-state index in [9.17, 15) is 0 Å². The number of aromatic nitrogens is 3. The Bertz CT molecular complexity index is 751. The first-order valence-electron chi connectivity index (χ1n) is 7.18. The van der Waals surface area contributed by atoms with E-state index in [1.54, 1.807) is 0 Å². The van der Waals surface area contributed by atoms with Crippen molar-refractivity contribution in [2.24, 2.45) is 0 Å². The Hall–Kier alpha value is -2.27. The van der Waals surface area contributed by atoms with Crippen LogP contribution in [-0.4, -0.2) is 21.7 Å². The quantitative estimate of drug-likeness (QED) is 0.728. The Kier molecular flexibility index (Phi) is 3.92. The van der Waals surface area contributed by atoms with Crippen LogP contribution in [0, 0.1) is 6.92 Å². The van der Waals surface area contributed by atoms with Crippen molar-refractivity contribution in [3.8, 4) is 11.5 Å². The first-order chi connectivity index (χ1) is 10.3. The van der Waals surface area contributed by atoms with Crippen molar-refractivity contribution in [3.63, 3.8) is 0 Å². The largest absolute Gasteiger partial charge is 0.337 e.